The van der Waals surface area contributed by atoms with Crippen molar-refractivity contribution in [3.05, 3.63) is 53.9 Å². The lowest BCUT2D eigenvalue weighted by Gasteiger charge is -2.35. The number of carbonyl (C=O) groups is 2. The highest BCUT2D eigenvalue weighted by molar-refractivity contribution is 5.91. The lowest BCUT2D eigenvalue weighted by atomic mass is 9.81. The van der Waals surface area contributed by atoms with E-state index in [9.17, 15) is 31.5 Å². The van der Waals surface area contributed by atoms with Crippen LogP contribution in [0.5, 0.6) is 11.5 Å². The number of halogens is 5. The van der Waals surface area contributed by atoms with Crippen LogP contribution in [-0.2, 0) is 15.0 Å². The van der Waals surface area contributed by atoms with E-state index in [1.807, 2.05) is 0 Å². The highest BCUT2D eigenvalue weighted by atomic mass is 19.4. The Morgan fingerprint density at radius 1 is 1.09 bits per heavy atom. The molecular weight excluding hydrogens is 437 g/mol. The molecule has 0 bridgehead atoms. The van der Waals surface area contributed by atoms with Crippen molar-refractivity contribution in [3.63, 3.8) is 0 Å². The third-order valence-electron chi connectivity index (χ3n) is 6.35. The van der Waals surface area contributed by atoms with Crippen molar-refractivity contribution in [1.82, 2.24) is 9.88 Å². The monoisotopic (exact) mass is 455 g/mol. The van der Waals surface area contributed by atoms with Gasteiger partial charge in [0, 0.05) is 19.2 Å². The number of hydrogen-bond acceptors (Lipinski definition) is 4. The molecule has 2 aromatic rings. The van der Waals surface area contributed by atoms with Crippen LogP contribution >= 0.6 is 0 Å². The first kappa shape index (κ1) is 22.0. The number of hydrogen-bond donors (Lipinski definition) is 1. The molecule has 1 aliphatic heterocycles. The van der Waals surface area contributed by atoms with Crippen LogP contribution in [0.3, 0.4) is 0 Å². The summed E-state index contributed by atoms with van der Waals surface area (Å²) >= 11 is 0. The molecule has 4 rings (SSSR count). The molecule has 2 amide bonds. The lowest BCUT2D eigenvalue weighted by molar-refractivity contribution is -0.187. The number of primary amides is 1. The fourth-order valence-electron chi connectivity index (χ4n) is 4.60. The molecule has 1 saturated heterocycles. The summed E-state index contributed by atoms with van der Waals surface area (Å²) in [5.41, 5.74) is 4.15. The van der Waals surface area contributed by atoms with E-state index in [1.165, 1.54) is 18.3 Å². The number of benzene rings is 1. The molecule has 11 heteroatoms. The third-order valence-corrected chi connectivity index (χ3v) is 6.35. The summed E-state index contributed by atoms with van der Waals surface area (Å²) in [6.07, 6.45) is -3.02. The molecule has 32 heavy (non-hydrogen) atoms. The van der Waals surface area contributed by atoms with Crippen LogP contribution in [0.4, 0.5) is 22.0 Å². The maximum atomic E-state index is 13.8. The minimum absolute atomic E-state index is 0.138. The Morgan fingerprint density at radius 2 is 1.78 bits per heavy atom. The van der Waals surface area contributed by atoms with E-state index >= 15 is 0 Å². The predicted octanol–water partition coefficient (Wildman–Crippen LogP) is 3.45. The zero-order valence-corrected chi connectivity index (χ0v) is 16.6. The predicted molar refractivity (Wildman–Crippen MR) is 100 cm³/mol. The number of alkyl halides is 3. The number of pyridine rings is 1. The van der Waals surface area contributed by atoms with Crippen LogP contribution in [0, 0.1) is 17.0 Å². The molecule has 1 aliphatic carbocycles. The second-order valence-corrected chi connectivity index (χ2v) is 8.07. The summed E-state index contributed by atoms with van der Waals surface area (Å²) < 4.78 is 70.2. The van der Waals surface area contributed by atoms with Crippen molar-refractivity contribution in [2.24, 2.45) is 11.1 Å². The number of ether oxygens (including phenoxy) is 1. The van der Waals surface area contributed by atoms with Crippen LogP contribution in [-0.4, -0.2) is 41.0 Å². The zero-order chi connectivity index (χ0) is 23.3. The molecule has 2 fully saturated rings. The van der Waals surface area contributed by atoms with Gasteiger partial charge in [-0.15, -0.1) is 0 Å². The first-order valence-corrected chi connectivity index (χ1v) is 9.74. The van der Waals surface area contributed by atoms with Gasteiger partial charge in [-0.25, -0.2) is 8.78 Å². The molecule has 1 spiro atoms. The van der Waals surface area contributed by atoms with Gasteiger partial charge in [-0.1, -0.05) is 0 Å². The van der Waals surface area contributed by atoms with E-state index in [0.717, 1.165) is 17.0 Å². The first-order chi connectivity index (χ1) is 15.0. The highest BCUT2D eigenvalue weighted by Crippen LogP contribution is 2.69. The van der Waals surface area contributed by atoms with Crippen molar-refractivity contribution in [1.29, 1.82) is 0 Å². The number of carbonyl (C=O) groups excluding carboxylic acids is 2. The minimum atomic E-state index is -4.95. The Balaban J connectivity index is 1.51. The fourth-order valence-corrected chi connectivity index (χ4v) is 4.60. The second kappa shape index (κ2) is 7.42. The smallest absolute Gasteiger partial charge is 0.453 e. The molecule has 170 valence electrons. The molecule has 1 aromatic heterocycles. The van der Waals surface area contributed by atoms with Gasteiger partial charge in [-0.3, -0.25) is 14.6 Å². The maximum Gasteiger partial charge on any atom is 0.471 e. The first-order valence-electron chi connectivity index (χ1n) is 9.74. The molecule has 0 radical (unpaired) electrons. The van der Waals surface area contributed by atoms with Crippen LogP contribution in [0.1, 0.15) is 25.0 Å². The average Bonchev–Trinajstić information content (AvgIpc) is 3.39. The minimum Gasteiger partial charge on any atom is -0.453 e. The Hall–Kier alpha value is -3.24. The Morgan fingerprint density at radius 3 is 2.31 bits per heavy atom. The van der Waals surface area contributed by atoms with Gasteiger partial charge in [-0.2, -0.15) is 13.2 Å². The topological polar surface area (TPSA) is 85.5 Å². The molecule has 1 unspecified atom stereocenters. The van der Waals surface area contributed by atoms with Crippen molar-refractivity contribution in [2.45, 2.75) is 30.9 Å². The molecule has 2 heterocycles. The number of amides is 2. The SMILES string of the molecule is NC(=O)C1(c2ccc(Oc3ccc(F)cc3F)cn2)CC12CCN(C(=O)C(F)(F)F)CC2. The summed E-state index contributed by atoms with van der Waals surface area (Å²) in [5, 5.41) is 0. The number of nitrogens with two attached hydrogens (primary N) is 1. The fraction of sp³-hybridized carbons (Fsp3) is 0.381. The Labute approximate surface area is 179 Å². The van der Waals surface area contributed by atoms with E-state index in [4.69, 9.17) is 10.5 Å². The molecule has 1 saturated carbocycles. The molecule has 1 aromatic carbocycles. The quantitative estimate of drug-likeness (QED) is 0.716. The molecule has 6 nitrogen and oxygen atoms in total. The molecule has 2 aliphatic rings. The zero-order valence-electron chi connectivity index (χ0n) is 16.6. The molecular formula is C21H18F5N3O3. The molecule has 2 N–H and O–H groups in total. The lowest BCUT2D eigenvalue weighted by Crippen LogP contribution is -2.48. The molecule has 1 atom stereocenters. The van der Waals surface area contributed by atoms with Crippen molar-refractivity contribution in [3.8, 4) is 11.5 Å². The standard InChI is InChI=1S/C21H18F5N3O3/c22-12-1-3-15(14(23)9-12)32-13-2-4-16(28-10-13)20(17(27)30)11-19(20)5-7-29(8-6-19)18(31)21(24,25)26/h1-4,9-10H,5-8,11H2,(H2,27,30). The summed E-state index contributed by atoms with van der Waals surface area (Å²) in [4.78, 5) is 28.8. The largest absolute Gasteiger partial charge is 0.471 e. The van der Waals surface area contributed by atoms with Crippen molar-refractivity contribution in [2.75, 3.05) is 13.1 Å². The Bertz CT molecular complexity index is 1070. The number of likely N-dealkylation sites (tertiary alicyclic amines) is 1. The normalized spacial score (nSPS) is 22.0. The van der Waals surface area contributed by atoms with E-state index in [2.05, 4.69) is 4.98 Å². The van der Waals surface area contributed by atoms with Crippen LogP contribution in [0.2, 0.25) is 0 Å². The summed E-state index contributed by atoms with van der Waals surface area (Å²) in [5.74, 6) is -4.28. The van der Waals surface area contributed by atoms with Crippen molar-refractivity contribution >= 4 is 11.8 Å². The van der Waals surface area contributed by atoms with Crippen LogP contribution in [0.15, 0.2) is 36.5 Å². The van der Waals surface area contributed by atoms with Gasteiger partial charge >= 0.3 is 12.1 Å². The van der Waals surface area contributed by atoms with E-state index < -0.39 is 40.5 Å². The Kier molecular flexibility index (Phi) is 5.09. The maximum absolute atomic E-state index is 13.8. The van der Waals surface area contributed by atoms with Gasteiger partial charge in [0.1, 0.15) is 11.6 Å². The van der Waals surface area contributed by atoms with E-state index in [1.54, 1.807) is 0 Å². The second-order valence-electron chi connectivity index (χ2n) is 8.07. The van der Waals surface area contributed by atoms with Gasteiger partial charge in [0.2, 0.25) is 5.91 Å². The number of nitrogens with zero attached hydrogens (tertiary/aromatic N) is 2. The van der Waals surface area contributed by atoms with Gasteiger partial charge in [0.15, 0.2) is 11.6 Å². The summed E-state index contributed by atoms with van der Waals surface area (Å²) in [6.45, 7) is -0.281. The number of aromatic nitrogens is 1. The number of piperidine rings is 1. The van der Waals surface area contributed by atoms with Gasteiger partial charge in [0.05, 0.1) is 17.3 Å². The number of rotatable bonds is 4. The third kappa shape index (κ3) is 3.55. The van der Waals surface area contributed by atoms with Gasteiger partial charge in [-0.05, 0) is 48.9 Å². The van der Waals surface area contributed by atoms with Gasteiger partial charge in [0.25, 0.3) is 0 Å². The van der Waals surface area contributed by atoms with E-state index in [0.29, 0.717) is 18.2 Å². The van der Waals surface area contributed by atoms with Crippen molar-refractivity contribution < 1.29 is 36.3 Å². The average molecular weight is 455 g/mol. The van der Waals surface area contributed by atoms with Crippen LogP contribution in [0.25, 0.3) is 0 Å². The highest BCUT2D eigenvalue weighted by Gasteiger charge is 2.73. The van der Waals surface area contributed by atoms with Gasteiger partial charge < -0.3 is 15.4 Å². The van der Waals surface area contributed by atoms with E-state index in [-0.39, 0.29) is 37.4 Å². The summed E-state index contributed by atoms with van der Waals surface area (Å²) in [7, 11) is 0. The summed E-state index contributed by atoms with van der Waals surface area (Å²) in [6, 6.07) is 5.76. The van der Waals surface area contributed by atoms with Crippen LogP contribution < -0.4 is 10.5 Å².